The Labute approximate surface area is 173 Å². The first kappa shape index (κ1) is 20.4. The average Bonchev–Trinajstić information content (AvgIpc) is 3.07. The highest BCUT2D eigenvalue weighted by molar-refractivity contribution is 7.99. The van der Waals surface area contributed by atoms with Crippen molar-refractivity contribution < 1.29 is 4.79 Å². The Bertz CT molecular complexity index is 995. The van der Waals surface area contributed by atoms with Crippen molar-refractivity contribution in [1.29, 1.82) is 0 Å². The van der Waals surface area contributed by atoms with Crippen LogP contribution in [0.4, 0.5) is 11.6 Å². The number of hydrogen-bond donors (Lipinski definition) is 2. The van der Waals surface area contributed by atoms with Crippen molar-refractivity contribution in [3.05, 3.63) is 65.2 Å². The molecule has 1 heterocycles. The molecule has 0 aliphatic carbocycles. The lowest BCUT2D eigenvalue weighted by molar-refractivity contribution is 0.102. The first-order valence-corrected chi connectivity index (χ1v) is 9.92. The fourth-order valence-electron chi connectivity index (χ4n) is 2.43. The minimum absolute atomic E-state index is 0.00620. The van der Waals surface area contributed by atoms with Gasteiger partial charge in [0.1, 0.15) is 0 Å². The van der Waals surface area contributed by atoms with Crippen LogP contribution in [0.25, 0.3) is 0 Å². The van der Waals surface area contributed by atoms with Gasteiger partial charge < -0.3 is 10.7 Å². The van der Waals surface area contributed by atoms with Crippen LogP contribution in [0.5, 0.6) is 0 Å². The third-order valence-corrected chi connectivity index (χ3v) is 5.10. The number of nitrogens with two attached hydrogens (primary N) is 1. The van der Waals surface area contributed by atoms with E-state index >= 15 is 0 Å². The summed E-state index contributed by atoms with van der Waals surface area (Å²) in [6.45, 7) is 1.98. The number of aryl methyl sites for hydroxylation is 1. The van der Waals surface area contributed by atoms with Crippen LogP contribution < -0.4 is 16.2 Å². The maximum atomic E-state index is 12.3. The van der Waals surface area contributed by atoms with Crippen LogP contribution in [-0.4, -0.2) is 46.7 Å². The number of benzene rings is 2. The zero-order valence-corrected chi connectivity index (χ0v) is 17.3. The summed E-state index contributed by atoms with van der Waals surface area (Å²) in [5, 5.41) is 12.6. The molecule has 0 aliphatic rings. The number of nitrogens with zero attached hydrogens (tertiary/aromatic N) is 5. The molecule has 3 N–H and O–H groups in total. The second kappa shape index (κ2) is 9.24. The molecule has 150 valence electrons. The third-order valence-electron chi connectivity index (χ3n) is 4.16. The Kier molecular flexibility index (Phi) is 6.50. The number of aromatic nitrogens is 3. The third kappa shape index (κ3) is 5.35. The number of nitrogens with one attached hydrogen (secondary N) is 1. The summed E-state index contributed by atoms with van der Waals surface area (Å²) in [7, 11) is 3.98. The molecule has 0 bridgehead atoms. The number of hydrogen-bond acceptors (Lipinski definition) is 8. The summed E-state index contributed by atoms with van der Waals surface area (Å²) < 4.78 is 1.28. The molecule has 0 saturated heterocycles. The summed E-state index contributed by atoms with van der Waals surface area (Å²) in [4.78, 5) is 14.3. The molecular formula is C20H23N7OS. The summed E-state index contributed by atoms with van der Waals surface area (Å²) in [6, 6.07) is 15.4. The highest BCUT2D eigenvalue weighted by Crippen LogP contribution is 2.18. The minimum atomic E-state index is 0.00620. The second-order valence-corrected chi connectivity index (χ2v) is 7.55. The van der Waals surface area contributed by atoms with Crippen LogP contribution in [0.2, 0.25) is 0 Å². The number of thioether (sulfide) groups is 1. The summed E-state index contributed by atoms with van der Waals surface area (Å²) in [5.74, 6) is 6.52. The maximum Gasteiger partial charge on any atom is 0.264 e. The molecule has 1 aromatic heterocycles. The van der Waals surface area contributed by atoms with Crippen molar-refractivity contribution in [3.63, 3.8) is 0 Å². The van der Waals surface area contributed by atoms with E-state index in [-0.39, 0.29) is 17.5 Å². The van der Waals surface area contributed by atoms with E-state index in [1.165, 1.54) is 16.4 Å². The van der Waals surface area contributed by atoms with Crippen molar-refractivity contribution in [2.75, 3.05) is 36.0 Å². The van der Waals surface area contributed by atoms with Crippen LogP contribution in [0, 0.1) is 6.92 Å². The van der Waals surface area contributed by atoms with E-state index in [1.807, 2.05) is 74.4 Å². The van der Waals surface area contributed by atoms with Gasteiger partial charge in [-0.3, -0.25) is 4.79 Å². The van der Waals surface area contributed by atoms with E-state index in [0.29, 0.717) is 10.7 Å². The lowest BCUT2D eigenvalue weighted by Gasteiger charge is -2.11. The molecular weight excluding hydrogens is 386 g/mol. The highest BCUT2D eigenvalue weighted by Gasteiger charge is 2.13. The average molecular weight is 410 g/mol. The SMILES string of the molecule is Cc1ccc(C(=O)CSc2nnc(N/N=C/c3ccc(N(C)C)cc3)n2N)cc1. The quantitative estimate of drug-likeness (QED) is 0.194. The predicted molar refractivity (Wildman–Crippen MR) is 118 cm³/mol. The Morgan fingerprint density at radius 3 is 2.52 bits per heavy atom. The van der Waals surface area contributed by atoms with Gasteiger partial charge in [-0.15, -0.1) is 10.2 Å². The fourth-order valence-corrected chi connectivity index (χ4v) is 3.18. The number of carbonyl (C=O) groups is 1. The molecule has 0 fully saturated rings. The van der Waals surface area contributed by atoms with E-state index in [2.05, 4.69) is 20.7 Å². The second-order valence-electron chi connectivity index (χ2n) is 6.61. The van der Waals surface area contributed by atoms with Gasteiger partial charge in [-0.05, 0) is 24.6 Å². The van der Waals surface area contributed by atoms with Crippen LogP contribution in [0.15, 0.2) is 58.8 Å². The molecule has 2 aromatic carbocycles. The number of ketones is 1. The zero-order valence-electron chi connectivity index (χ0n) is 16.5. The summed E-state index contributed by atoms with van der Waals surface area (Å²) in [5.41, 5.74) is 6.59. The van der Waals surface area contributed by atoms with E-state index in [4.69, 9.17) is 5.84 Å². The molecule has 0 radical (unpaired) electrons. The highest BCUT2D eigenvalue weighted by atomic mass is 32.2. The van der Waals surface area contributed by atoms with Crippen LogP contribution in [0.3, 0.4) is 0 Å². The van der Waals surface area contributed by atoms with Crippen molar-refractivity contribution in [2.45, 2.75) is 12.1 Å². The molecule has 3 aromatic rings. The number of anilines is 2. The normalized spacial score (nSPS) is 11.0. The van der Waals surface area contributed by atoms with Crippen molar-refractivity contribution >= 4 is 35.4 Å². The first-order chi connectivity index (χ1) is 13.9. The lowest BCUT2D eigenvalue weighted by atomic mass is 10.1. The Balaban J connectivity index is 1.56. The largest absolute Gasteiger partial charge is 0.378 e. The number of hydrazone groups is 1. The van der Waals surface area contributed by atoms with Gasteiger partial charge in [-0.2, -0.15) is 5.10 Å². The number of Topliss-reactive ketones (excluding diaryl/α,β-unsaturated/α-hetero) is 1. The zero-order chi connectivity index (χ0) is 20.8. The minimum Gasteiger partial charge on any atom is -0.378 e. The van der Waals surface area contributed by atoms with Crippen LogP contribution >= 0.6 is 11.8 Å². The van der Waals surface area contributed by atoms with E-state index in [9.17, 15) is 4.79 Å². The number of rotatable bonds is 8. The van der Waals surface area contributed by atoms with E-state index < -0.39 is 0 Å². The Morgan fingerprint density at radius 1 is 1.17 bits per heavy atom. The van der Waals surface area contributed by atoms with Crippen molar-refractivity contribution in [1.82, 2.24) is 14.9 Å². The van der Waals surface area contributed by atoms with E-state index in [0.717, 1.165) is 16.8 Å². The van der Waals surface area contributed by atoms with Gasteiger partial charge in [-0.1, -0.05) is 53.7 Å². The topological polar surface area (TPSA) is 101 Å². The molecule has 0 saturated carbocycles. The molecule has 0 amide bonds. The smallest absolute Gasteiger partial charge is 0.264 e. The van der Waals surface area contributed by atoms with Gasteiger partial charge in [0.05, 0.1) is 12.0 Å². The van der Waals surface area contributed by atoms with Crippen molar-refractivity contribution in [3.8, 4) is 0 Å². The van der Waals surface area contributed by atoms with Crippen LogP contribution in [-0.2, 0) is 0 Å². The van der Waals surface area contributed by atoms with Gasteiger partial charge in [0.25, 0.3) is 5.95 Å². The predicted octanol–water partition coefficient (Wildman–Crippen LogP) is 2.79. The number of carbonyl (C=O) groups excluding carboxylic acids is 1. The van der Waals surface area contributed by atoms with Gasteiger partial charge in [0, 0.05) is 25.3 Å². The fraction of sp³-hybridized carbons (Fsp3) is 0.200. The lowest BCUT2D eigenvalue weighted by Crippen LogP contribution is -2.14. The van der Waals surface area contributed by atoms with Gasteiger partial charge >= 0.3 is 0 Å². The molecule has 0 unspecified atom stereocenters. The standard InChI is InChI=1S/C20H23N7OS/c1-14-4-8-16(9-5-14)18(28)13-29-20-25-24-19(27(20)21)23-22-12-15-6-10-17(11-7-15)26(2)3/h4-12H,13,21H2,1-3H3,(H,23,24)/b22-12+. The molecule has 0 atom stereocenters. The molecule has 9 heteroatoms. The maximum absolute atomic E-state index is 12.3. The van der Waals surface area contributed by atoms with Gasteiger partial charge in [-0.25, -0.2) is 10.1 Å². The first-order valence-electron chi connectivity index (χ1n) is 8.93. The van der Waals surface area contributed by atoms with Gasteiger partial charge in [0.2, 0.25) is 5.16 Å². The Hall–Kier alpha value is -3.33. The number of nitrogen functional groups attached to an aromatic ring is 1. The molecule has 0 aliphatic heterocycles. The van der Waals surface area contributed by atoms with Crippen molar-refractivity contribution in [2.24, 2.45) is 5.10 Å². The summed E-state index contributed by atoms with van der Waals surface area (Å²) >= 11 is 1.23. The molecule has 29 heavy (non-hydrogen) atoms. The Morgan fingerprint density at radius 2 is 1.86 bits per heavy atom. The van der Waals surface area contributed by atoms with Gasteiger partial charge in [0.15, 0.2) is 5.78 Å². The monoisotopic (exact) mass is 409 g/mol. The molecule has 8 nitrogen and oxygen atoms in total. The molecule has 0 spiro atoms. The van der Waals surface area contributed by atoms with Crippen LogP contribution in [0.1, 0.15) is 21.5 Å². The summed E-state index contributed by atoms with van der Waals surface area (Å²) in [6.07, 6.45) is 1.67. The molecule has 3 rings (SSSR count). The van der Waals surface area contributed by atoms with E-state index in [1.54, 1.807) is 6.21 Å².